The van der Waals surface area contributed by atoms with Gasteiger partial charge in [0.1, 0.15) is 0 Å². The Kier molecular flexibility index (Phi) is 4.69. The van der Waals surface area contributed by atoms with Crippen molar-refractivity contribution in [1.29, 1.82) is 0 Å². The van der Waals surface area contributed by atoms with Crippen molar-refractivity contribution < 1.29 is 17.8 Å². The number of aromatic nitrogens is 3. The van der Waals surface area contributed by atoms with Crippen molar-refractivity contribution >= 4 is 65.4 Å². The summed E-state index contributed by atoms with van der Waals surface area (Å²) in [6.45, 7) is 0. The van der Waals surface area contributed by atoms with E-state index in [4.69, 9.17) is 13.7 Å². The molecule has 0 unspecified atom stereocenters. The van der Waals surface area contributed by atoms with Crippen molar-refractivity contribution in [2.24, 2.45) is 0 Å². The number of hydrogen-bond donors (Lipinski definition) is 0. The van der Waals surface area contributed by atoms with E-state index in [1.165, 1.54) is 0 Å². The van der Waals surface area contributed by atoms with E-state index in [1.807, 2.05) is 54.6 Å². The molecule has 0 radical (unpaired) electrons. The van der Waals surface area contributed by atoms with Gasteiger partial charge in [0.25, 0.3) is 0 Å². The van der Waals surface area contributed by atoms with Gasteiger partial charge in [0.05, 0.1) is 50.9 Å². The summed E-state index contributed by atoms with van der Waals surface area (Å²) in [5.74, 6) is 0. The maximum atomic E-state index is 9.86. The van der Waals surface area contributed by atoms with Crippen LogP contribution >= 0.6 is 0 Å². The summed E-state index contributed by atoms with van der Waals surface area (Å²) in [6.07, 6.45) is 0. The predicted molar refractivity (Wildman–Crippen MR) is 240 cm³/mol. The molecule has 12 rings (SSSR count). The Morgan fingerprint density at radius 1 is 0.281 bits per heavy atom. The third kappa shape index (κ3) is 4.86. The summed E-state index contributed by atoms with van der Waals surface area (Å²) in [7, 11) is 0. The molecule has 0 aliphatic carbocycles. The molecular weight excluding hydrogens is 691 g/mol. The smallest absolute Gasteiger partial charge is 0.0651 e. The molecule has 3 nitrogen and oxygen atoms in total. The lowest BCUT2D eigenvalue weighted by molar-refractivity contribution is 1.16. The fraction of sp³-hybridized carbons (Fsp3) is 0. The second-order valence-electron chi connectivity index (χ2n) is 14.0. The van der Waals surface area contributed by atoms with Gasteiger partial charge in [-0.15, -0.1) is 0 Å². The first-order chi connectivity index (χ1) is 33.7. The maximum absolute atomic E-state index is 9.86. The molecule has 9 aromatic carbocycles. The minimum absolute atomic E-state index is 0.187. The lowest BCUT2D eigenvalue weighted by Gasteiger charge is -2.14. The molecule has 0 aliphatic rings. The van der Waals surface area contributed by atoms with Crippen molar-refractivity contribution in [1.82, 2.24) is 13.7 Å². The van der Waals surface area contributed by atoms with E-state index in [1.54, 1.807) is 16.7 Å². The second kappa shape index (κ2) is 12.5. The quantitative estimate of drug-likeness (QED) is 0.167. The average molecular weight is 739 g/mol. The first-order valence-corrected chi connectivity index (χ1v) is 18.5. The van der Waals surface area contributed by atoms with Crippen molar-refractivity contribution in [2.45, 2.75) is 0 Å². The molecule has 266 valence electrons. The molecule has 0 saturated heterocycles. The third-order valence-electron chi connectivity index (χ3n) is 10.9. The molecule has 0 aliphatic heterocycles. The largest absolute Gasteiger partial charge is 0.309 e. The normalized spacial score (nSPS) is 15.1. The van der Waals surface area contributed by atoms with Crippen LogP contribution in [0.25, 0.3) is 105 Å². The Balaban J connectivity index is 1.14. The highest BCUT2D eigenvalue weighted by molar-refractivity contribution is 6.14. The van der Waals surface area contributed by atoms with E-state index >= 15 is 0 Å². The van der Waals surface area contributed by atoms with E-state index in [9.17, 15) is 4.11 Å². The molecule has 3 heteroatoms. The maximum Gasteiger partial charge on any atom is 0.0651 e. The first-order valence-electron chi connectivity index (χ1n) is 25.0. The van der Waals surface area contributed by atoms with E-state index in [0.717, 1.165) is 60.4 Å². The van der Waals surface area contributed by atoms with Gasteiger partial charge in [0.2, 0.25) is 0 Å². The number of nitrogens with zero attached hydrogens (tertiary/aromatic N) is 3. The summed E-state index contributed by atoms with van der Waals surface area (Å²) in [4.78, 5) is 0. The molecule has 3 aromatic heterocycles. The molecule has 0 atom stereocenters. The van der Waals surface area contributed by atoms with Crippen LogP contribution in [-0.4, -0.2) is 13.7 Å². The van der Waals surface area contributed by atoms with Gasteiger partial charge in [-0.05, 0) is 101 Å². The van der Waals surface area contributed by atoms with Crippen LogP contribution in [0.15, 0.2) is 212 Å². The van der Waals surface area contributed by atoms with Crippen LogP contribution < -0.4 is 0 Å². The number of fused-ring (bicyclic) bond motifs is 9. The van der Waals surface area contributed by atoms with Crippen LogP contribution in [0.4, 0.5) is 0 Å². The lowest BCUT2D eigenvalue weighted by atomic mass is 9.98. The average Bonchev–Trinajstić information content (AvgIpc) is 4.01. The molecular formula is C54H35N3. The Morgan fingerprint density at radius 2 is 0.614 bits per heavy atom. The molecule has 12 aromatic rings. The Bertz CT molecular complexity index is 4090. The lowest BCUT2D eigenvalue weighted by Crippen LogP contribution is -1.97. The van der Waals surface area contributed by atoms with E-state index in [2.05, 4.69) is 75.9 Å². The van der Waals surface area contributed by atoms with Gasteiger partial charge in [0, 0.05) is 49.4 Å². The molecule has 0 bridgehead atoms. The van der Waals surface area contributed by atoms with Gasteiger partial charge in [-0.25, -0.2) is 0 Å². The number of hydrogen-bond acceptors (Lipinski definition) is 0. The summed E-state index contributed by atoms with van der Waals surface area (Å²) >= 11 is 0. The minimum Gasteiger partial charge on any atom is -0.309 e. The molecule has 0 spiro atoms. The summed E-state index contributed by atoms with van der Waals surface area (Å²) in [5.41, 5.74) is 4.86. The zero-order chi connectivity index (χ0) is 48.8. The second-order valence-corrected chi connectivity index (χ2v) is 14.0. The molecule has 0 fully saturated rings. The fourth-order valence-electron chi connectivity index (χ4n) is 8.49. The summed E-state index contributed by atoms with van der Waals surface area (Å²) in [5, 5.41) is 5.82. The Labute approximate surface area is 347 Å². The van der Waals surface area contributed by atoms with Gasteiger partial charge in [-0.3, -0.25) is 0 Å². The van der Waals surface area contributed by atoms with Gasteiger partial charge in [-0.1, -0.05) is 133 Å². The van der Waals surface area contributed by atoms with Crippen LogP contribution in [0, 0.1) is 0 Å². The van der Waals surface area contributed by atoms with E-state index in [0.29, 0.717) is 16.4 Å². The van der Waals surface area contributed by atoms with E-state index < -0.39 is 101 Å². The third-order valence-corrected chi connectivity index (χ3v) is 10.9. The molecule has 3 heterocycles. The zero-order valence-corrected chi connectivity index (χ0v) is 30.0. The standard InChI is InChI=1S/C54H35N3/c1-3-15-36(16-4-1)38-31-39(37-17-5-2-6-18-37)33-42(32-38)57-52-26-14-10-22-46(52)48-35-41(28-30-54(48)57)56-51-25-13-9-21-45(51)47-34-40(27-29-53(47)56)55-49-23-11-7-19-43(49)44-20-8-12-24-50(44)55/h1-35H/i1D,2D,3D,4D,5D,6D,15D,16D,17D,18D,31D,32D,33D. The highest BCUT2D eigenvalue weighted by atomic mass is 15.0. The summed E-state index contributed by atoms with van der Waals surface area (Å²) in [6, 6.07) is 35.8. The monoisotopic (exact) mass is 738 g/mol. The Morgan fingerprint density at radius 3 is 1.02 bits per heavy atom. The van der Waals surface area contributed by atoms with Gasteiger partial charge >= 0.3 is 0 Å². The molecule has 0 saturated carbocycles. The predicted octanol–water partition coefficient (Wildman–Crippen LogP) is 14.3. The van der Waals surface area contributed by atoms with Gasteiger partial charge < -0.3 is 13.7 Å². The van der Waals surface area contributed by atoms with Crippen LogP contribution in [0.5, 0.6) is 0 Å². The van der Waals surface area contributed by atoms with Crippen molar-refractivity contribution in [3.05, 3.63) is 212 Å². The summed E-state index contributed by atoms with van der Waals surface area (Å²) < 4.78 is 122. The van der Waals surface area contributed by atoms with Gasteiger partial charge in [0.15, 0.2) is 0 Å². The number of para-hydroxylation sites is 4. The SMILES string of the molecule is [2H]c1c([2H])c([2H])c(-c2c([2H])c(-c3c([2H])c([2H])c([2H])c([2H])c3[2H])c([2H])c(-n3c4ccccc4c4cc(-n5c6ccccc6c6cc(-n7c8ccccc8c8ccccc87)ccc65)ccc43)c2[2H])c([2H])c1[2H]. The minimum atomic E-state index is -0.715. The first kappa shape index (κ1) is 21.5. The highest BCUT2D eigenvalue weighted by Gasteiger charge is 2.19. The van der Waals surface area contributed by atoms with E-state index in [-0.39, 0.29) is 5.69 Å². The number of benzene rings is 9. The molecule has 0 N–H and O–H groups in total. The van der Waals surface area contributed by atoms with Gasteiger partial charge in [-0.2, -0.15) is 0 Å². The highest BCUT2D eigenvalue weighted by Crippen LogP contribution is 2.40. The van der Waals surface area contributed by atoms with Crippen LogP contribution in [0.2, 0.25) is 0 Å². The van der Waals surface area contributed by atoms with Crippen molar-refractivity contribution in [3.8, 4) is 39.3 Å². The van der Waals surface area contributed by atoms with Crippen LogP contribution in [0.1, 0.15) is 17.8 Å². The van der Waals surface area contributed by atoms with Crippen LogP contribution in [0.3, 0.4) is 0 Å². The Hall–Kier alpha value is -7.62. The zero-order valence-electron chi connectivity index (χ0n) is 43.0. The van der Waals surface area contributed by atoms with Crippen molar-refractivity contribution in [2.75, 3.05) is 0 Å². The topological polar surface area (TPSA) is 14.8 Å². The fourth-order valence-corrected chi connectivity index (χ4v) is 8.49. The van der Waals surface area contributed by atoms with Crippen LogP contribution in [-0.2, 0) is 0 Å². The molecule has 0 amide bonds. The number of rotatable bonds is 5. The van der Waals surface area contributed by atoms with Crippen molar-refractivity contribution in [3.63, 3.8) is 0 Å². The molecule has 57 heavy (non-hydrogen) atoms.